The quantitative estimate of drug-likeness (QED) is 0.817. The van der Waals surface area contributed by atoms with Gasteiger partial charge in [-0.2, -0.15) is 0 Å². The average molecular weight is 399 g/mol. The first kappa shape index (κ1) is 17.4. The van der Waals surface area contributed by atoms with E-state index in [9.17, 15) is 4.79 Å². The third-order valence-corrected chi connectivity index (χ3v) is 4.99. The molecule has 1 aromatic heterocycles. The van der Waals surface area contributed by atoms with E-state index >= 15 is 0 Å². The van der Waals surface area contributed by atoms with Crippen LogP contribution >= 0.6 is 15.9 Å². The second-order valence-corrected chi connectivity index (χ2v) is 7.24. The number of nitrogens with one attached hydrogen (secondary N) is 2. The SMILES string of the molecule is CC1(NC(=O)Nc2cnc(N3CCOCC3)c(Br)c2)CCOCC1. The van der Waals surface area contributed by atoms with Gasteiger partial charge in [0.15, 0.2) is 0 Å². The zero-order valence-electron chi connectivity index (χ0n) is 13.8. The molecule has 24 heavy (non-hydrogen) atoms. The number of amides is 2. The van der Waals surface area contributed by atoms with Crippen molar-refractivity contribution >= 4 is 33.5 Å². The highest BCUT2D eigenvalue weighted by Crippen LogP contribution is 2.27. The predicted molar refractivity (Wildman–Crippen MR) is 95.6 cm³/mol. The van der Waals surface area contributed by atoms with E-state index in [0.717, 1.165) is 36.2 Å². The van der Waals surface area contributed by atoms with E-state index in [2.05, 4.69) is 36.4 Å². The summed E-state index contributed by atoms with van der Waals surface area (Å²) in [6, 6.07) is 1.66. The van der Waals surface area contributed by atoms with Crippen LogP contribution in [0.1, 0.15) is 19.8 Å². The first-order chi connectivity index (χ1) is 11.6. The van der Waals surface area contributed by atoms with Crippen LogP contribution in [0.3, 0.4) is 0 Å². The van der Waals surface area contributed by atoms with E-state index in [-0.39, 0.29) is 11.6 Å². The molecule has 2 saturated heterocycles. The molecular formula is C16H23BrN4O3. The summed E-state index contributed by atoms with van der Waals surface area (Å²) in [4.78, 5) is 18.9. The van der Waals surface area contributed by atoms with E-state index in [0.29, 0.717) is 32.1 Å². The average Bonchev–Trinajstić information content (AvgIpc) is 2.56. The molecule has 7 nitrogen and oxygen atoms in total. The maximum absolute atomic E-state index is 12.3. The molecule has 0 radical (unpaired) electrons. The van der Waals surface area contributed by atoms with Gasteiger partial charge in [-0.25, -0.2) is 9.78 Å². The molecule has 0 aromatic carbocycles. The van der Waals surface area contributed by atoms with Crippen LogP contribution in [0.15, 0.2) is 16.7 Å². The van der Waals surface area contributed by atoms with Crippen LogP contribution in [0.4, 0.5) is 16.3 Å². The number of carbonyl (C=O) groups excluding carboxylic acids is 1. The number of halogens is 1. The molecule has 2 aliphatic rings. The normalized spacial score (nSPS) is 20.5. The minimum absolute atomic E-state index is 0.216. The number of morpholine rings is 1. The van der Waals surface area contributed by atoms with E-state index in [4.69, 9.17) is 9.47 Å². The van der Waals surface area contributed by atoms with E-state index in [1.807, 2.05) is 13.0 Å². The van der Waals surface area contributed by atoms with Gasteiger partial charge in [-0.1, -0.05) is 0 Å². The fourth-order valence-corrected chi connectivity index (χ4v) is 3.49. The van der Waals surface area contributed by atoms with Gasteiger partial charge in [0.1, 0.15) is 5.82 Å². The highest BCUT2D eigenvalue weighted by molar-refractivity contribution is 9.10. The molecule has 0 saturated carbocycles. The zero-order valence-corrected chi connectivity index (χ0v) is 15.4. The fourth-order valence-electron chi connectivity index (χ4n) is 2.89. The van der Waals surface area contributed by atoms with Gasteiger partial charge in [-0.3, -0.25) is 0 Å². The van der Waals surface area contributed by atoms with Crippen molar-refractivity contribution in [1.29, 1.82) is 0 Å². The highest BCUT2D eigenvalue weighted by Gasteiger charge is 2.29. The molecule has 0 bridgehead atoms. The molecule has 2 N–H and O–H groups in total. The molecule has 0 atom stereocenters. The van der Waals surface area contributed by atoms with E-state index < -0.39 is 0 Å². The third-order valence-electron chi connectivity index (χ3n) is 4.40. The minimum Gasteiger partial charge on any atom is -0.381 e. The molecule has 1 aromatic rings. The van der Waals surface area contributed by atoms with Crippen molar-refractivity contribution < 1.29 is 14.3 Å². The number of pyridine rings is 1. The number of ether oxygens (including phenoxy) is 2. The summed E-state index contributed by atoms with van der Waals surface area (Å²) >= 11 is 3.55. The lowest BCUT2D eigenvalue weighted by Gasteiger charge is -2.34. The van der Waals surface area contributed by atoms with Crippen molar-refractivity contribution in [3.8, 4) is 0 Å². The van der Waals surface area contributed by atoms with Crippen LogP contribution in [0.2, 0.25) is 0 Å². The van der Waals surface area contributed by atoms with Crippen molar-refractivity contribution in [2.24, 2.45) is 0 Å². The first-order valence-corrected chi connectivity index (χ1v) is 9.00. The molecule has 132 valence electrons. The lowest BCUT2D eigenvalue weighted by Crippen LogP contribution is -2.51. The Morgan fingerprint density at radius 2 is 1.92 bits per heavy atom. The summed E-state index contributed by atoms with van der Waals surface area (Å²) in [6.45, 7) is 6.46. The molecule has 3 heterocycles. The van der Waals surface area contributed by atoms with Gasteiger partial charge in [0, 0.05) is 31.8 Å². The Bertz CT molecular complexity index is 587. The number of nitrogens with zero attached hydrogens (tertiary/aromatic N) is 2. The van der Waals surface area contributed by atoms with Crippen LogP contribution in [0, 0.1) is 0 Å². The Balaban J connectivity index is 1.60. The van der Waals surface area contributed by atoms with Gasteiger partial charge in [0.05, 0.1) is 29.6 Å². The van der Waals surface area contributed by atoms with Gasteiger partial charge >= 0.3 is 6.03 Å². The van der Waals surface area contributed by atoms with Crippen molar-refractivity contribution in [1.82, 2.24) is 10.3 Å². The summed E-state index contributed by atoms with van der Waals surface area (Å²) in [5.41, 5.74) is 0.438. The summed E-state index contributed by atoms with van der Waals surface area (Å²) in [7, 11) is 0. The summed E-state index contributed by atoms with van der Waals surface area (Å²) in [6.07, 6.45) is 3.32. The second-order valence-electron chi connectivity index (χ2n) is 6.38. The highest BCUT2D eigenvalue weighted by atomic mass is 79.9. The molecule has 2 amide bonds. The van der Waals surface area contributed by atoms with Gasteiger partial charge in [-0.15, -0.1) is 0 Å². The molecule has 2 aliphatic heterocycles. The van der Waals surface area contributed by atoms with Crippen molar-refractivity contribution in [2.45, 2.75) is 25.3 Å². The van der Waals surface area contributed by atoms with Crippen LogP contribution < -0.4 is 15.5 Å². The fraction of sp³-hybridized carbons (Fsp3) is 0.625. The Hall–Kier alpha value is -1.38. The van der Waals surface area contributed by atoms with Crippen LogP contribution in [0.5, 0.6) is 0 Å². The lowest BCUT2D eigenvalue weighted by atomic mass is 9.93. The number of carbonyl (C=O) groups is 1. The number of urea groups is 1. The Labute approximate surface area is 150 Å². The molecule has 0 spiro atoms. The number of rotatable bonds is 3. The Kier molecular flexibility index (Phi) is 5.57. The van der Waals surface area contributed by atoms with Crippen LogP contribution in [0.25, 0.3) is 0 Å². The molecule has 8 heteroatoms. The number of hydrogen-bond acceptors (Lipinski definition) is 5. The molecule has 3 rings (SSSR count). The number of aromatic nitrogens is 1. The van der Waals surface area contributed by atoms with Crippen molar-refractivity contribution in [2.75, 3.05) is 49.7 Å². The smallest absolute Gasteiger partial charge is 0.319 e. The summed E-state index contributed by atoms with van der Waals surface area (Å²) in [5.74, 6) is 0.876. The minimum atomic E-state index is -0.221. The summed E-state index contributed by atoms with van der Waals surface area (Å²) in [5, 5.41) is 5.90. The maximum Gasteiger partial charge on any atom is 0.319 e. The second kappa shape index (κ2) is 7.67. The van der Waals surface area contributed by atoms with Gasteiger partial charge in [0.25, 0.3) is 0 Å². The number of hydrogen-bond donors (Lipinski definition) is 2. The Morgan fingerprint density at radius 3 is 2.58 bits per heavy atom. The van der Waals surface area contributed by atoms with Gasteiger partial charge in [-0.05, 0) is 41.8 Å². The largest absolute Gasteiger partial charge is 0.381 e. The van der Waals surface area contributed by atoms with E-state index in [1.165, 1.54) is 0 Å². The van der Waals surface area contributed by atoms with Gasteiger partial charge in [0.2, 0.25) is 0 Å². The monoisotopic (exact) mass is 398 g/mol. The lowest BCUT2D eigenvalue weighted by molar-refractivity contribution is 0.0499. The van der Waals surface area contributed by atoms with Crippen molar-refractivity contribution in [3.63, 3.8) is 0 Å². The standard InChI is InChI=1S/C16H23BrN4O3/c1-16(2-6-23-7-3-16)20-15(22)19-12-10-13(17)14(18-11-12)21-4-8-24-9-5-21/h10-11H,2-9H2,1H3,(H2,19,20,22). The van der Waals surface area contributed by atoms with Crippen molar-refractivity contribution in [3.05, 3.63) is 16.7 Å². The first-order valence-electron chi connectivity index (χ1n) is 8.21. The molecule has 0 aliphatic carbocycles. The molecule has 2 fully saturated rings. The van der Waals surface area contributed by atoms with E-state index in [1.54, 1.807) is 6.20 Å². The Morgan fingerprint density at radius 1 is 1.25 bits per heavy atom. The van der Waals surface area contributed by atoms with Crippen LogP contribution in [-0.4, -0.2) is 56.1 Å². The van der Waals surface area contributed by atoms with Crippen LogP contribution in [-0.2, 0) is 9.47 Å². The topological polar surface area (TPSA) is 75.7 Å². The molecular weight excluding hydrogens is 376 g/mol. The maximum atomic E-state index is 12.3. The number of anilines is 2. The predicted octanol–water partition coefficient (Wildman–Crippen LogP) is 2.37. The summed E-state index contributed by atoms with van der Waals surface area (Å²) < 4.78 is 11.6. The molecule has 0 unspecified atom stereocenters. The third kappa shape index (κ3) is 4.37. The zero-order chi connectivity index (χ0) is 17.0. The van der Waals surface area contributed by atoms with Gasteiger partial charge < -0.3 is 25.0 Å².